The van der Waals surface area contributed by atoms with Crippen molar-refractivity contribution in [3.05, 3.63) is 42.2 Å². The van der Waals surface area contributed by atoms with E-state index in [1.165, 1.54) is 24.3 Å². The molecule has 1 aromatic carbocycles. The molecule has 0 saturated carbocycles. The standard InChI is InChI=1S/C11H10FNO3/c1-7(11(15)16)6-10(14)13-9-4-2-8(12)3-5-9/h2-5H,1,6H2,(H,13,14)(H,15,16). The second-order valence-corrected chi connectivity index (χ2v) is 3.14. The lowest BCUT2D eigenvalue weighted by molar-refractivity contribution is -0.133. The predicted octanol–water partition coefficient (Wildman–Crippen LogP) is 1.80. The highest BCUT2D eigenvalue weighted by Crippen LogP contribution is 2.09. The van der Waals surface area contributed by atoms with Crippen molar-refractivity contribution in [2.45, 2.75) is 6.42 Å². The van der Waals surface area contributed by atoms with Gasteiger partial charge in [0.2, 0.25) is 5.91 Å². The Morgan fingerprint density at radius 2 is 1.88 bits per heavy atom. The molecule has 0 aliphatic heterocycles. The molecule has 0 unspecified atom stereocenters. The van der Waals surface area contributed by atoms with Crippen LogP contribution in [0.25, 0.3) is 0 Å². The molecule has 0 saturated heterocycles. The Morgan fingerprint density at radius 1 is 1.31 bits per heavy atom. The van der Waals surface area contributed by atoms with Crippen LogP contribution < -0.4 is 5.32 Å². The first-order valence-electron chi connectivity index (χ1n) is 4.45. The number of carboxylic acids is 1. The van der Waals surface area contributed by atoms with Gasteiger partial charge in [-0.1, -0.05) is 6.58 Å². The Morgan fingerprint density at radius 3 is 2.38 bits per heavy atom. The van der Waals surface area contributed by atoms with Crippen molar-refractivity contribution in [3.8, 4) is 0 Å². The summed E-state index contributed by atoms with van der Waals surface area (Å²) in [5, 5.41) is 10.9. The van der Waals surface area contributed by atoms with Crippen LogP contribution in [-0.4, -0.2) is 17.0 Å². The lowest BCUT2D eigenvalue weighted by Crippen LogP contribution is -2.14. The van der Waals surface area contributed by atoms with Crippen molar-refractivity contribution in [2.75, 3.05) is 5.32 Å². The van der Waals surface area contributed by atoms with E-state index in [1.54, 1.807) is 0 Å². The fraction of sp³-hybridized carbons (Fsp3) is 0.0909. The van der Waals surface area contributed by atoms with Gasteiger partial charge in [-0.3, -0.25) is 4.79 Å². The van der Waals surface area contributed by atoms with Gasteiger partial charge in [-0.15, -0.1) is 0 Å². The number of hydrogen-bond donors (Lipinski definition) is 2. The minimum absolute atomic E-state index is 0.195. The molecular weight excluding hydrogens is 213 g/mol. The van der Waals surface area contributed by atoms with E-state index in [4.69, 9.17) is 5.11 Å². The lowest BCUT2D eigenvalue weighted by atomic mass is 10.2. The zero-order chi connectivity index (χ0) is 12.1. The monoisotopic (exact) mass is 223 g/mol. The molecule has 0 heterocycles. The summed E-state index contributed by atoms with van der Waals surface area (Å²) in [6.45, 7) is 3.23. The molecule has 0 fully saturated rings. The number of halogens is 1. The number of anilines is 1. The van der Waals surface area contributed by atoms with E-state index < -0.39 is 17.7 Å². The van der Waals surface area contributed by atoms with Gasteiger partial charge in [0.05, 0.1) is 6.42 Å². The smallest absolute Gasteiger partial charge is 0.331 e. The maximum absolute atomic E-state index is 12.5. The normalized spacial score (nSPS) is 9.56. The van der Waals surface area contributed by atoms with Crippen molar-refractivity contribution in [1.82, 2.24) is 0 Å². The van der Waals surface area contributed by atoms with Gasteiger partial charge in [0.1, 0.15) is 5.82 Å². The van der Waals surface area contributed by atoms with E-state index in [9.17, 15) is 14.0 Å². The quantitative estimate of drug-likeness (QED) is 0.765. The third-order valence-corrected chi connectivity index (χ3v) is 1.80. The molecule has 1 aromatic rings. The van der Waals surface area contributed by atoms with E-state index in [-0.39, 0.29) is 12.0 Å². The molecule has 1 amide bonds. The molecule has 0 aliphatic rings. The summed E-state index contributed by atoms with van der Waals surface area (Å²) in [5.74, 6) is -2.12. The van der Waals surface area contributed by atoms with Crippen molar-refractivity contribution >= 4 is 17.6 Å². The van der Waals surface area contributed by atoms with Crippen LogP contribution in [0.5, 0.6) is 0 Å². The maximum atomic E-state index is 12.5. The zero-order valence-electron chi connectivity index (χ0n) is 8.37. The Balaban J connectivity index is 2.55. The van der Waals surface area contributed by atoms with Gasteiger partial charge in [-0.25, -0.2) is 9.18 Å². The van der Waals surface area contributed by atoms with Gasteiger partial charge in [0.15, 0.2) is 0 Å². The van der Waals surface area contributed by atoms with E-state index in [1.807, 2.05) is 0 Å². The largest absolute Gasteiger partial charge is 0.478 e. The number of nitrogens with one attached hydrogen (secondary N) is 1. The number of benzene rings is 1. The Hall–Kier alpha value is -2.17. The molecule has 0 spiro atoms. The average Bonchev–Trinajstić information content (AvgIpc) is 2.21. The Bertz CT molecular complexity index is 425. The molecule has 0 aromatic heterocycles. The number of amides is 1. The Labute approximate surface area is 91.4 Å². The summed E-state index contributed by atoms with van der Waals surface area (Å²) in [7, 11) is 0. The molecule has 0 atom stereocenters. The number of hydrogen-bond acceptors (Lipinski definition) is 2. The highest BCUT2D eigenvalue weighted by atomic mass is 19.1. The van der Waals surface area contributed by atoms with Crippen molar-refractivity contribution in [3.63, 3.8) is 0 Å². The van der Waals surface area contributed by atoms with E-state index >= 15 is 0 Å². The highest BCUT2D eigenvalue weighted by molar-refractivity contribution is 5.99. The second-order valence-electron chi connectivity index (χ2n) is 3.14. The van der Waals surface area contributed by atoms with Gasteiger partial charge in [0, 0.05) is 11.3 Å². The van der Waals surface area contributed by atoms with Crippen LogP contribution in [-0.2, 0) is 9.59 Å². The van der Waals surface area contributed by atoms with Gasteiger partial charge < -0.3 is 10.4 Å². The van der Waals surface area contributed by atoms with Crippen LogP contribution >= 0.6 is 0 Å². The molecule has 5 heteroatoms. The number of aliphatic carboxylic acids is 1. The summed E-state index contributed by atoms with van der Waals surface area (Å²) in [6.07, 6.45) is -0.299. The molecular formula is C11H10FNO3. The van der Waals surface area contributed by atoms with Crippen molar-refractivity contribution in [1.29, 1.82) is 0 Å². The summed E-state index contributed by atoms with van der Waals surface area (Å²) >= 11 is 0. The predicted molar refractivity (Wildman–Crippen MR) is 56.4 cm³/mol. The minimum Gasteiger partial charge on any atom is -0.478 e. The summed E-state index contributed by atoms with van der Waals surface area (Å²) in [5.41, 5.74) is 0.212. The van der Waals surface area contributed by atoms with Gasteiger partial charge in [0.25, 0.3) is 0 Å². The summed E-state index contributed by atoms with van der Waals surface area (Å²) < 4.78 is 12.5. The van der Waals surface area contributed by atoms with Crippen LogP contribution in [0.3, 0.4) is 0 Å². The van der Waals surface area contributed by atoms with Crippen molar-refractivity contribution in [2.24, 2.45) is 0 Å². The lowest BCUT2D eigenvalue weighted by Gasteiger charge is -2.04. The molecule has 0 bridgehead atoms. The number of carbonyl (C=O) groups is 2. The molecule has 0 aliphatic carbocycles. The van der Waals surface area contributed by atoms with Gasteiger partial charge in [-0.05, 0) is 24.3 Å². The third-order valence-electron chi connectivity index (χ3n) is 1.80. The van der Waals surface area contributed by atoms with Crippen LogP contribution in [0.15, 0.2) is 36.4 Å². The first-order chi connectivity index (χ1) is 7.49. The third kappa shape index (κ3) is 3.53. The highest BCUT2D eigenvalue weighted by Gasteiger charge is 2.10. The van der Waals surface area contributed by atoms with E-state index in [0.717, 1.165) is 0 Å². The van der Waals surface area contributed by atoms with Gasteiger partial charge in [-0.2, -0.15) is 0 Å². The molecule has 0 radical (unpaired) electrons. The summed E-state index contributed by atoms with van der Waals surface area (Å²) in [6, 6.07) is 5.16. The minimum atomic E-state index is -1.21. The van der Waals surface area contributed by atoms with Crippen molar-refractivity contribution < 1.29 is 19.1 Å². The fourth-order valence-corrected chi connectivity index (χ4v) is 1.01. The fourth-order valence-electron chi connectivity index (χ4n) is 1.01. The maximum Gasteiger partial charge on any atom is 0.331 e. The topological polar surface area (TPSA) is 66.4 Å². The second kappa shape index (κ2) is 5.06. The molecule has 4 nitrogen and oxygen atoms in total. The first kappa shape index (κ1) is 11.9. The molecule has 2 N–H and O–H groups in total. The van der Waals surface area contributed by atoms with Crippen LogP contribution in [0, 0.1) is 5.82 Å². The first-order valence-corrected chi connectivity index (χ1v) is 4.45. The van der Waals surface area contributed by atoms with Crippen LogP contribution in [0.4, 0.5) is 10.1 Å². The van der Waals surface area contributed by atoms with E-state index in [0.29, 0.717) is 5.69 Å². The zero-order valence-corrected chi connectivity index (χ0v) is 8.37. The van der Waals surface area contributed by atoms with Crippen LogP contribution in [0.2, 0.25) is 0 Å². The number of carbonyl (C=O) groups excluding carboxylic acids is 1. The number of carboxylic acid groups (broad SMARTS) is 1. The average molecular weight is 223 g/mol. The van der Waals surface area contributed by atoms with Crippen LogP contribution in [0.1, 0.15) is 6.42 Å². The molecule has 1 rings (SSSR count). The van der Waals surface area contributed by atoms with Gasteiger partial charge >= 0.3 is 5.97 Å². The molecule has 16 heavy (non-hydrogen) atoms. The molecule has 84 valence electrons. The number of rotatable bonds is 4. The SMILES string of the molecule is C=C(CC(=O)Nc1ccc(F)cc1)C(=O)O. The summed E-state index contributed by atoms with van der Waals surface area (Å²) in [4.78, 5) is 21.7. The Kier molecular flexibility index (Phi) is 3.77. The van der Waals surface area contributed by atoms with E-state index in [2.05, 4.69) is 11.9 Å².